The minimum atomic E-state index is 0.249. The van der Waals surface area contributed by atoms with Gasteiger partial charge in [0.1, 0.15) is 0 Å². The Labute approximate surface area is 150 Å². The average Bonchev–Trinajstić information content (AvgIpc) is 3.07. The Hall–Kier alpha value is -2.44. The molecule has 0 saturated carbocycles. The van der Waals surface area contributed by atoms with Crippen molar-refractivity contribution < 1.29 is 4.74 Å². The normalized spacial score (nSPS) is 10.5. The fourth-order valence-electron chi connectivity index (χ4n) is 1.99. The largest absolute Gasteiger partial charge is 0.466 e. The van der Waals surface area contributed by atoms with Crippen molar-refractivity contribution in [2.24, 2.45) is 10.2 Å². The number of aryl methyl sites for hydroxylation is 1. The van der Waals surface area contributed by atoms with Crippen LogP contribution in [0.4, 0.5) is 17.3 Å². The van der Waals surface area contributed by atoms with Crippen molar-refractivity contribution in [1.82, 2.24) is 15.2 Å². The first-order valence-corrected chi connectivity index (χ1v) is 8.75. The molecule has 0 atom stereocenters. The number of H-pyrrole nitrogens is 1. The van der Waals surface area contributed by atoms with Crippen LogP contribution in [0, 0.1) is 6.92 Å². The van der Waals surface area contributed by atoms with E-state index in [9.17, 15) is 0 Å². The van der Waals surface area contributed by atoms with Crippen molar-refractivity contribution in [2.75, 3.05) is 25.6 Å². The van der Waals surface area contributed by atoms with Gasteiger partial charge in [0.05, 0.1) is 12.8 Å². The lowest BCUT2D eigenvalue weighted by Gasteiger charge is -2.19. The molecule has 2 rings (SSSR count). The lowest BCUT2D eigenvalue weighted by molar-refractivity contribution is 0.382. The van der Waals surface area contributed by atoms with Gasteiger partial charge < -0.3 is 9.64 Å². The van der Waals surface area contributed by atoms with Crippen molar-refractivity contribution >= 4 is 17.3 Å². The number of nitrogens with zero attached hydrogens (tertiary/aromatic N) is 5. The highest BCUT2D eigenvalue weighted by Crippen LogP contribution is 2.25. The van der Waals surface area contributed by atoms with Crippen LogP contribution in [0.25, 0.3) is 0 Å². The highest BCUT2D eigenvalue weighted by molar-refractivity contribution is 5.57. The number of anilines is 1. The van der Waals surface area contributed by atoms with Gasteiger partial charge in [-0.2, -0.15) is 4.98 Å². The molecule has 1 N–H and O–H groups in total. The summed E-state index contributed by atoms with van der Waals surface area (Å²) in [6.45, 7) is 9.52. The Kier molecular flexibility index (Phi) is 9.21. The fraction of sp³-hybridized carbons (Fsp3) is 0.556. The second kappa shape index (κ2) is 11.2. The molecule has 138 valence electrons. The number of aromatic amines is 1. The van der Waals surface area contributed by atoms with Crippen molar-refractivity contribution in [2.45, 2.75) is 47.0 Å². The van der Waals surface area contributed by atoms with Crippen LogP contribution in [0.15, 0.2) is 28.4 Å². The summed E-state index contributed by atoms with van der Waals surface area (Å²) in [7, 11) is 3.61. The van der Waals surface area contributed by atoms with Gasteiger partial charge in [0.2, 0.25) is 0 Å². The number of ether oxygens (including phenoxy) is 1. The summed E-state index contributed by atoms with van der Waals surface area (Å²) in [4.78, 5) is 6.24. The first-order chi connectivity index (χ1) is 12.0. The molecule has 0 radical (unpaired) electrons. The van der Waals surface area contributed by atoms with E-state index in [1.807, 2.05) is 13.0 Å². The van der Waals surface area contributed by atoms with Gasteiger partial charge in [-0.3, -0.25) is 0 Å². The van der Waals surface area contributed by atoms with Crippen molar-refractivity contribution in [1.29, 1.82) is 0 Å². The van der Waals surface area contributed by atoms with Crippen LogP contribution in [-0.4, -0.2) is 35.9 Å². The van der Waals surface area contributed by atoms with Gasteiger partial charge in [0.25, 0.3) is 5.95 Å². The SMILES string of the molecule is CCC.CCCCN(C)c1ccc(N=Nc2nc(OC)n[nH]2)c(C)c1. The standard InChI is InChI=1S/C15H22N6O.C3H8/c1-5-6-9-21(3)12-7-8-13(11(2)10-12)17-18-14-16-15(22-4)20-19-14;1-3-2/h7-8,10H,5-6,9H2,1-4H3,(H,16,19,20);3H2,1-2H3. The van der Waals surface area contributed by atoms with E-state index in [1.54, 1.807) is 0 Å². The lowest BCUT2D eigenvalue weighted by atomic mass is 10.1. The van der Waals surface area contributed by atoms with Crippen LogP contribution < -0.4 is 9.64 Å². The fourth-order valence-corrected chi connectivity index (χ4v) is 1.99. The average molecular weight is 346 g/mol. The third-order valence-corrected chi connectivity index (χ3v) is 3.36. The van der Waals surface area contributed by atoms with Crippen molar-refractivity contribution in [3.05, 3.63) is 23.8 Å². The predicted octanol–water partition coefficient (Wildman–Crippen LogP) is 5.19. The first-order valence-electron chi connectivity index (χ1n) is 8.75. The predicted molar refractivity (Wildman–Crippen MR) is 102 cm³/mol. The molecule has 0 aliphatic heterocycles. The zero-order valence-corrected chi connectivity index (χ0v) is 16.2. The molecule has 25 heavy (non-hydrogen) atoms. The Bertz CT molecular complexity index is 653. The Morgan fingerprint density at radius 1 is 1.20 bits per heavy atom. The number of unbranched alkanes of at least 4 members (excludes halogenated alkanes) is 1. The molecule has 0 spiro atoms. The smallest absolute Gasteiger partial charge is 0.336 e. The maximum Gasteiger partial charge on any atom is 0.336 e. The summed E-state index contributed by atoms with van der Waals surface area (Å²) in [6, 6.07) is 6.38. The van der Waals surface area contributed by atoms with E-state index in [0.29, 0.717) is 5.95 Å². The third-order valence-electron chi connectivity index (χ3n) is 3.36. The second-order valence-electron chi connectivity index (χ2n) is 5.80. The number of benzene rings is 1. The van der Waals surface area contributed by atoms with Crippen LogP contribution in [0.2, 0.25) is 0 Å². The molecular weight excluding hydrogens is 316 g/mol. The molecule has 1 aromatic heterocycles. The van der Waals surface area contributed by atoms with Crippen LogP contribution in [0.3, 0.4) is 0 Å². The highest BCUT2D eigenvalue weighted by Gasteiger charge is 2.05. The topological polar surface area (TPSA) is 78.8 Å². The number of rotatable bonds is 7. The molecule has 1 heterocycles. The van der Waals surface area contributed by atoms with E-state index >= 15 is 0 Å². The van der Waals surface area contributed by atoms with Crippen molar-refractivity contribution in [3.63, 3.8) is 0 Å². The number of nitrogens with one attached hydrogen (secondary N) is 1. The molecule has 0 saturated heterocycles. The van der Waals surface area contributed by atoms with Crippen LogP contribution in [0.1, 0.15) is 45.6 Å². The monoisotopic (exact) mass is 346 g/mol. The maximum atomic E-state index is 4.88. The molecule has 2 aromatic rings. The number of hydrogen-bond acceptors (Lipinski definition) is 6. The molecule has 0 aliphatic rings. The molecule has 0 unspecified atom stereocenters. The Morgan fingerprint density at radius 3 is 2.48 bits per heavy atom. The Morgan fingerprint density at radius 2 is 1.92 bits per heavy atom. The number of hydrogen-bond donors (Lipinski definition) is 1. The lowest BCUT2D eigenvalue weighted by Crippen LogP contribution is -2.18. The summed E-state index contributed by atoms with van der Waals surface area (Å²) >= 11 is 0. The molecule has 1 aromatic carbocycles. The molecule has 0 fully saturated rings. The van der Waals surface area contributed by atoms with E-state index in [2.05, 4.69) is 70.3 Å². The first kappa shape index (κ1) is 20.6. The quantitative estimate of drug-likeness (QED) is 0.700. The minimum absolute atomic E-state index is 0.249. The molecule has 0 amide bonds. The molecular formula is C18H30N6O. The summed E-state index contributed by atoms with van der Waals surface area (Å²) in [5.41, 5.74) is 3.06. The summed E-state index contributed by atoms with van der Waals surface area (Å²) in [6.07, 6.45) is 3.63. The van der Waals surface area contributed by atoms with Crippen LogP contribution >= 0.6 is 0 Å². The third kappa shape index (κ3) is 6.91. The van der Waals surface area contributed by atoms with Crippen LogP contribution in [-0.2, 0) is 0 Å². The van der Waals surface area contributed by atoms with Crippen molar-refractivity contribution in [3.8, 4) is 6.01 Å². The van der Waals surface area contributed by atoms with Gasteiger partial charge in [-0.25, -0.2) is 5.10 Å². The van der Waals surface area contributed by atoms with Crippen LogP contribution in [0.5, 0.6) is 6.01 Å². The Balaban J connectivity index is 0.000000970. The molecule has 7 heteroatoms. The number of azo groups is 1. The number of aromatic nitrogens is 3. The van der Waals surface area contributed by atoms with E-state index < -0.39 is 0 Å². The maximum absolute atomic E-state index is 4.88. The molecule has 0 bridgehead atoms. The van der Waals surface area contributed by atoms with Gasteiger partial charge in [0.15, 0.2) is 0 Å². The van der Waals surface area contributed by atoms with E-state index in [1.165, 1.54) is 32.1 Å². The van der Waals surface area contributed by atoms with Gasteiger partial charge in [-0.15, -0.1) is 15.3 Å². The van der Waals surface area contributed by atoms with Gasteiger partial charge >= 0.3 is 6.01 Å². The van der Waals surface area contributed by atoms with E-state index in [4.69, 9.17) is 4.74 Å². The zero-order valence-electron chi connectivity index (χ0n) is 16.2. The van der Waals surface area contributed by atoms with Gasteiger partial charge in [0, 0.05) is 19.3 Å². The summed E-state index contributed by atoms with van der Waals surface area (Å²) < 4.78 is 4.88. The van der Waals surface area contributed by atoms with E-state index in [-0.39, 0.29) is 6.01 Å². The minimum Gasteiger partial charge on any atom is -0.466 e. The number of methoxy groups -OCH3 is 1. The van der Waals surface area contributed by atoms with Gasteiger partial charge in [-0.05, 0) is 37.1 Å². The highest BCUT2D eigenvalue weighted by atomic mass is 16.5. The summed E-state index contributed by atoms with van der Waals surface area (Å²) in [5.74, 6) is 0.320. The second-order valence-corrected chi connectivity index (χ2v) is 5.80. The van der Waals surface area contributed by atoms with E-state index in [0.717, 1.165) is 17.8 Å². The zero-order chi connectivity index (χ0) is 18.7. The van der Waals surface area contributed by atoms with Gasteiger partial charge in [-0.1, -0.05) is 33.6 Å². The molecule has 7 nitrogen and oxygen atoms in total. The summed E-state index contributed by atoms with van der Waals surface area (Å²) in [5, 5.41) is 14.7. The molecule has 0 aliphatic carbocycles.